The minimum atomic E-state index is -0.261. The Morgan fingerprint density at radius 1 is 0.463 bits per heavy atom. The van der Waals surface area contributed by atoms with E-state index >= 15 is 0 Å². The molecule has 0 aromatic heterocycles. The Morgan fingerprint density at radius 3 is 1.49 bits per heavy atom. The fourth-order valence-electron chi connectivity index (χ4n) is 9.44. The zero-order chi connectivity index (χ0) is 46.1. The van der Waals surface area contributed by atoms with Crippen molar-refractivity contribution < 1.29 is 0 Å². The highest BCUT2D eigenvalue weighted by Gasteiger charge is 2.36. The summed E-state index contributed by atoms with van der Waals surface area (Å²) >= 11 is 0. The molecule has 0 saturated heterocycles. The fraction of sp³-hybridized carbons (Fsp3) is 0.0794. The molecule has 0 radical (unpaired) electrons. The van der Waals surface area contributed by atoms with Crippen LogP contribution >= 0.6 is 0 Å². The van der Waals surface area contributed by atoms with Crippen molar-refractivity contribution in [3.63, 3.8) is 0 Å². The number of fused-ring (bicyclic) bond motifs is 3. The van der Waals surface area contributed by atoms with E-state index in [1.165, 1.54) is 33.4 Å². The molecule has 1 aliphatic rings. The fourth-order valence-corrected chi connectivity index (χ4v) is 9.44. The van der Waals surface area contributed by atoms with Crippen LogP contribution in [-0.4, -0.2) is 0 Å². The predicted molar refractivity (Wildman–Crippen MR) is 280 cm³/mol. The highest BCUT2D eigenvalue weighted by Crippen LogP contribution is 2.52. The summed E-state index contributed by atoms with van der Waals surface area (Å²) in [5.74, 6) is 0. The van der Waals surface area contributed by atoms with E-state index in [9.17, 15) is 5.26 Å². The third-order valence-electron chi connectivity index (χ3n) is 13.0. The number of rotatable bonds is 10. The highest BCUT2D eigenvalue weighted by molar-refractivity contribution is 5.93. The van der Waals surface area contributed by atoms with E-state index < -0.39 is 0 Å². The Hall–Kier alpha value is -8.70. The van der Waals surface area contributed by atoms with Gasteiger partial charge >= 0.3 is 0 Å². The van der Waals surface area contributed by atoms with Crippen LogP contribution in [0, 0.1) is 31.8 Å². The third kappa shape index (κ3) is 8.19. The number of hydrogen-bond acceptors (Lipinski definition) is 3. The monoisotopic (exact) mass is 860 g/mol. The quantitative estimate of drug-likeness (QED) is 0.101. The molecular formula is C63H48N4. The van der Waals surface area contributed by atoms with Crippen LogP contribution in [0.15, 0.2) is 206 Å². The zero-order valence-electron chi connectivity index (χ0n) is 38.1. The molecule has 10 rings (SSSR count). The molecule has 4 nitrogen and oxygen atoms in total. The molecule has 320 valence electrons. The summed E-state index contributed by atoms with van der Waals surface area (Å²) < 4.78 is 0. The van der Waals surface area contributed by atoms with E-state index in [1.54, 1.807) is 0 Å². The summed E-state index contributed by atoms with van der Waals surface area (Å²) in [6, 6.07) is 74.7. The molecule has 0 fully saturated rings. The van der Waals surface area contributed by atoms with Crippen LogP contribution in [-0.2, 0) is 5.41 Å². The Labute approximate surface area is 394 Å². The molecule has 0 unspecified atom stereocenters. The number of anilines is 6. The molecule has 67 heavy (non-hydrogen) atoms. The van der Waals surface area contributed by atoms with Crippen molar-refractivity contribution in [3.8, 4) is 39.4 Å². The van der Waals surface area contributed by atoms with Crippen LogP contribution in [0.1, 0.15) is 52.8 Å². The average molecular weight is 861 g/mol. The van der Waals surface area contributed by atoms with Crippen LogP contribution in [0.5, 0.6) is 0 Å². The van der Waals surface area contributed by atoms with Gasteiger partial charge in [0.2, 0.25) is 0 Å². The second-order valence-electron chi connectivity index (χ2n) is 17.8. The molecule has 0 bridgehead atoms. The Bertz CT molecular complexity index is 3390. The van der Waals surface area contributed by atoms with Crippen molar-refractivity contribution in [2.75, 3.05) is 9.80 Å². The van der Waals surface area contributed by atoms with E-state index in [2.05, 4.69) is 206 Å². The lowest BCUT2D eigenvalue weighted by Gasteiger charge is -2.30. The largest absolute Gasteiger partial charge is 0.310 e. The summed E-state index contributed by atoms with van der Waals surface area (Å²) in [6.45, 7) is 16.6. The Balaban J connectivity index is 0.971. The molecule has 0 saturated carbocycles. The van der Waals surface area contributed by atoms with Crippen molar-refractivity contribution in [3.05, 3.63) is 257 Å². The van der Waals surface area contributed by atoms with E-state index in [0.717, 1.165) is 67.5 Å². The molecule has 0 spiro atoms. The van der Waals surface area contributed by atoms with Gasteiger partial charge in [0, 0.05) is 33.7 Å². The van der Waals surface area contributed by atoms with E-state index in [-0.39, 0.29) is 5.41 Å². The Morgan fingerprint density at radius 2 is 0.925 bits per heavy atom. The minimum Gasteiger partial charge on any atom is -0.310 e. The van der Waals surface area contributed by atoms with Crippen LogP contribution in [0.4, 0.5) is 39.8 Å². The van der Waals surface area contributed by atoms with Gasteiger partial charge in [0.25, 0.3) is 0 Å². The van der Waals surface area contributed by atoms with E-state index in [4.69, 9.17) is 6.57 Å². The van der Waals surface area contributed by atoms with Crippen LogP contribution in [0.2, 0.25) is 0 Å². The summed E-state index contributed by atoms with van der Waals surface area (Å²) in [4.78, 5) is 8.38. The molecule has 0 N–H and O–H groups in total. The molecule has 0 amide bonds. The van der Waals surface area contributed by atoms with Gasteiger partial charge in [0.05, 0.1) is 29.6 Å². The van der Waals surface area contributed by atoms with Gasteiger partial charge in [-0.25, -0.2) is 4.85 Å². The lowest BCUT2D eigenvalue weighted by atomic mass is 9.81. The molecule has 9 aromatic rings. The third-order valence-corrected chi connectivity index (χ3v) is 13.0. The lowest BCUT2D eigenvalue weighted by Crippen LogP contribution is -2.17. The SMILES string of the molecule is [C-]#[N+]c1ccc(N(c2ccc(C)cc2)c2ccc(/C=C/c3ccc4c(c3)C(C)(C)c3cc(N(c5ccc(C)cc5)c5ccc(C#N)cc5-c5ccccc5)ccc3-4)cc2)c(-c2ccccc2)c1. The standard InChI is InChI=1S/C63H48N4/c1-43-16-27-51(28-17-43)66(62-37-26-50(65-5)40-58(62)49-14-10-7-11-15-49)53-31-22-45(23-32-53)20-21-46-24-34-55-56-35-33-54(41-60(56)63(3,4)59(55)39-46)67(52-29-18-44(2)19-30-52)61-36-25-47(42-64)38-57(61)48-12-8-6-9-13-48/h6-41H,1-4H3/b21-20+. The maximum absolute atomic E-state index is 9.95. The first-order valence-electron chi connectivity index (χ1n) is 22.7. The van der Waals surface area contributed by atoms with Crippen molar-refractivity contribution in [2.24, 2.45) is 0 Å². The number of hydrogen-bond donors (Lipinski definition) is 0. The summed E-state index contributed by atoms with van der Waals surface area (Å²) in [7, 11) is 0. The normalized spacial score (nSPS) is 12.2. The summed E-state index contributed by atoms with van der Waals surface area (Å²) in [5.41, 5.74) is 21.0. The number of benzene rings is 9. The number of nitrogens with zero attached hydrogens (tertiary/aromatic N) is 4. The van der Waals surface area contributed by atoms with Gasteiger partial charge in [-0.1, -0.05) is 165 Å². The van der Waals surface area contributed by atoms with Crippen LogP contribution in [0.25, 0.3) is 50.4 Å². The van der Waals surface area contributed by atoms with Gasteiger partial charge in [-0.15, -0.1) is 0 Å². The molecule has 0 heterocycles. The smallest absolute Gasteiger partial charge is 0.188 e. The van der Waals surface area contributed by atoms with Crippen molar-refractivity contribution in [1.29, 1.82) is 5.26 Å². The van der Waals surface area contributed by atoms with Gasteiger partial charge in [-0.05, 0) is 143 Å². The maximum atomic E-state index is 9.95. The van der Waals surface area contributed by atoms with Crippen LogP contribution < -0.4 is 9.80 Å². The predicted octanol–water partition coefficient (Wildman–Crippen LogP) is 17.5. The summed E-state index contributed by atoms with van der Waals surface area (Å²) in [6.07, 6.45) is 4.40. The highest BCUT2D eigenvalue weighted by atomic mass is 15.2. The second-order valence-corrected chi connectivity index (χ2v) is 17.8. The average Bonchev–Trinajstić information content (AvgIpc) is 3.60. The van der Waals surface area contributed by atoms with E-state index in [0.29, 0.717) is 11.3 Å². The second kappa shape index (κ2) is 17.7. The molecule has 0 aliphatic heterocycles. The van der Waals surface area contributed by atoms with Crippen LogP contribution in [0.3, 0.4) is 0 Å². The van der Waals surface area contributed by atoms with Gasteiger partial charge in [0.15, 0.2) is 5.69 Å². The van der Waals surface area contributed by atoms with Gasteiger partial charge in [-0.2, -0.15) is 5.26 Å². The van der Waals surface area contributed by atoms with Crippen molar-refractivity contribution in [2.45, 2.75) is 33.1 Å². The van der Waals surface area contributed by atoms with Crippen molar-refractivity contribution >= 4 is 52.0 Å². The lowest BCUT2D eigenvalue weighted by molar-refractivity contribution is 0.660. The first-order valence-corrected chi connectivity index (χ1v) is 22.7. The zero-order valence-corrected chi connectivity index (χ0v) is 38.1. The van der Waals surface area contributed by atoms with Gasteiger partial charge < -0.3 is 9.80 Å². The van der Waals surface area contributed by atoms with Gasteiger partial charge in [0.1, 0.15) is 0 Å². The molecular weight excluding hydrogens is 813 g/mol. The van der Waals surface area contributed by atoms with E-state index in [1.807, 2.05) is 60.7 Å². The maximum Gasteiger partial charge on any atom is 0.188 e. The van der Waals surface area contributed by atoms with Gasteiger partial charge in [-0.3, -0.25) is 0 Å². The molecule has 4 heteroatoms. The number of aryl methyl sites for hydroxylation is 2. The van der Waals surface area contributed by atoms with Crippen molar-refractivity contribution in [1.82, 2.24) is 0 Å². The first-order chi connectivity index (χ1) is 32.7. The molecule has 9 aromatic carbocycles. The number of nitriles is 1. The topological polar surface area (TPSA) is 34.6 Å². The molecule has 1 aliphatic carbocycles. The minimum absolute atomic E-state index is 0.261. The summed E-state index contributed by atoms with van der Waals surface area (Å²) in [5, 5.41) is 9.95. The molecule has 0 atom stereocenters. The Kier molecular flexibility index (Phi) is 11.2. The first kappa shape index (κ1) is 42.3.